The van der Waals surface area contributed by atoms with Crippen LogP contribution in [0.15, 0.2) is 0 Å². The third-order valence-electron chi connectivity index (χ3n) is 1.15. The van der Waals surface area contributed by atoms with Crippen molar-refractivity contribution in [2.75, 3.05) is 28.4 Å². The molecule has 8 heteroatoms. The first-order valence-electron chi connectivity index (χ1n) is 3.31. The van der Waals surface area contributed by atoms with Gasteiger partial charge in [0.2, 0.25) is 0 Å². The second kappa shape index (κ2) is 5.88. The van der Waals surface area contributed by atoms with Gasteiger partial charge in [0, 0.05) is 21.3 Å². The van der Waals surface area contributed by atoms with Crippen LogP contribution >= 0.6 is 0 Å². The highest BCUT2D eigenvalue weighted by Gasteiger charge is 2.47. The summed E-state index contributed by atoms with van der Waals surface area (Å²) in [5, 5.41) is 0. The van der Waals surface area contributed by atoms with Crippen molar-refractivity contribution in [3.8, 4) is 0 Å². The van der Waals surface area contributed by atoms with Gasteiger partial charge in [0.1, 0.15) is 0 Å². The SMILES string of the molecule is CONC(=O)O[Si](OC)(OC)OC. The minimum atomic E-state index is -3.31. The molecule has 13 heavy (non-hydrogen) atoms. The maximum atomic E-state index is 10.9. The molecule has 7 nitrogen and oxygen atoms in total. The minimum absolute atomic E-state index is 0.834. The van der Waals surface area contributed by atoms with E-state index in [1.165, 1.54) is 28.4 Å². The molecule has 0 unspecified atom stereocenters. The molecule has 0 saturated heterocycles. The van der Waals surface area contributed by atoms with Crippen LogP contribution in [0.4, 0.5) is 4.79 Å². The van der Waals surface area contributed by atoms with Crippen LogP contribution in [0.3, 0.4) is 0 Å². The second-order valence-corrected chi connectivity index (χ2v) is 4.24. The zero-order valence-electron chi connectivity index (χ0n) is 7.95. The first-order chi connectivity index (χ1) is 6.14. The molecule has 0 aromatic heterocycles. The van der Waals surface area contributed by atoms with Crippen molar-refractivity contribution in [2.45, 2.75) is 0 Å². The molecule has 0 aliphatic carbocycles. The van der Waals surface area contributed by atoms with Crippen molar-refractivity contribution in [2.24, 2.45) is 0 Å². The average Bonchev–Trinajstić information content (AvgIpc) is 2.15. The molecular formula is C5H13NO6Si. The lowest BCUT2D eigenvalue weighted by Crippen LogP contribution is -2.49. The number of hydroxylamine groups is 1. The number of carbonyl (C=O) groups is 1. The van der Waals surface area contributed by atoms with Crippen LogP contribution in [0, 0.1) is 0 Å². The van der Waals surface area contributed by atoms with Crippen LogP contribution in [0.1, 0.15) is 0 Å². The fourth-order valence-corrected chi connectivity index (χ4v) is 1.61. The van der Waals surface area contributed by atoms with Crippen LogP contribution in [0.25, 0.3) is 0 Å². The van der Waals surface area contributed by atoms with Gasteiger partial charge in [-0.05, 0) is 0 Å². The number of hydrogen-bond donors (Lipinski definition) is 1. The molecule has 0 saturated carbocycles. The van der Waals surface area contributed by atoms with Crippen LogP contribution in [-0.2, 0) is 22.5 Å². The topological polar surface area (TPSA) is 75.3 Å². The third kappa shape index (κ3) is 3.70. The Morgan fingerprint density at radius 3 is 1.85 bits per heavy atom. The molecule has 0 aromatic rings. The van der Waals surface area contributed by atoms with Crippen molar-refractivity contribution < 1.29 is 27.3 Å². The van der Waals surface area contributed by atoms with Gasteiger partial charge in [-0.25, -0.2) is 10.3 Å². The Labute approximate surface area is 77.3 Å². The zero-order valence-corrected chi connectivity index (χ0v) is 8.95. The molecule has 0 radical (unpaired) electrons. The molecule has 1 N–H and O–H groups in total. The maximum absolute atomic E-state index is 10.9. The Hall–Kier alpha value is -0.673. The van der Waals surface area contributed by atoms with Crippen LogP contribution in [0.2, 0.25) is 0 Å². The Bertz CT molecular complexity index is 153. The summed E-state index contributed by atoms with van der Waals surface area (Å²) in [6, 6.07) is 0. The van der Waals surface area contributed by atoms with E-state index in [4.69, 9.17) is 17.7 Å². The molecular weight excluding hydrogens is 198 g/mol. The zero-order chi connectivity index (χ0) is 10.3. The van der Waals surface area contributed by atoms with Crippen LogP contribution in [0.5, 0.6) is 0 Å². The average molecular weight is 211 g/mol. The Balaban J connectivity index is 4.16. The largest absolute Gasteiger partial charge is 0.752 e. The second-order valence-electron chi connectivity index (χ2n) is 1.81. The van der Waals surface area contributed by atoms with Gasteiger partial charge in [0.25, 0.3) is 0 Å². The first kappa shape index (κ1) is 12.3. The predicted octanol–water partition coefficient (Wildman–Crippen LogP) is -0.351. The molecule has 0 fully saturated rings. The van der Waals surface area contributed by atoms with Crippen LogP contribution < -0.4 is 5.48 Å². The number of nitrogens with one attached hydrogen (secondary N) is 1. The van der Waals surface area contributed by atoms with Gasteiger partial charge in [0.05, 0.1) is 7.11 Å². The highest BCUT2D eigenvalue weighted by atomic mass is 28.4. The Morgan fingerprint density at radius 1 is 1.08 bits per heavy atom. The lowest BCUT2D eigenvalue weighted by atomic mass is 11.3. The highest BCUT2D eigenvalue weighted by molar-refractivity contribution is 6.55. The molecule has 0 heterocycles. The number of amides is 1. The number of hydrogen-bond acceptors (Lipinski definition) is 6. The fraction of sp³-hybridized carbons (Fsp3) is 0.800. The van der Waals surface area contributed by atoms with Crippen molar-refractivity contribution in [1.82, 2.24) is 5.48 Å². The Kier molecular flexibility index (Phi) is 5.58. The van der Waals surface area contributed by atoms with Crippen molar-refractivity contribution in [3.05, 3.63) is 0 Å². The molecule has 0 aliphatic rings. The quantitative estimate of drug-likeness (QED) is 0.495. The normalized spacial score (nSPS) is 11.1. The molecule has 1 amide bonds. The van der Waals surface area contributed by atoms with E-state index in [1.54, 1.807) is 0 Å². The summed E-state index contributed by atoms with van der Waals surface area (Å²) in [5.41, 5.74) is 1.94. The molecule has 0 atom stereocenters. The summed E-state index contributed by atoms with van der Waals surface area (Å²) in [6.45, 7) is 0. The van der Waals surface area contributed by atoms with Crippen molar-refractivity contribution >= 4 is 15.1 Å². The molecule has 0 rings (SSSR count). The van der Waals surface area contributed by atoms with Gasteiger partial charge in [-0.3, -0.25) is 4.84 Å². The molecule has 0 spiro atoms. The summed E-state index contributed by atoms with van der Waals surface area (Å²) < 4.78 is 19.2. The van der Waals surface area contributed by atoms with Gasteiger partial charge in [-0.1, -0.05) is 0 Å². The van der Waals surface area contributed by atoms with E-state index in [0.717, 1.165) is 0 Å². The van der Waals surface area contributed by atoms with E-state index in [1.807, 2.05) is 5.48 Å². The lowest BCUT2D eigenvalue weighted by Gasteiger charge is -2.21. The molecule has 0 aromatic carbocycles. The molecule has 78 valence electrons. The van der Waals surface area contributed by atoms with E-state index in [-0.39, 0.29) is 0 Å². The first-order valence-corrected chi connectivity index (χ1v) is 4.94. The van der Waals surface area contributed by atoms with E-state index < -0.39 is 15.1 Å². The van der Waals surface area contributed by atoms with Gasteiger partial charge in [-0.15, -0.1) is 0 Å². The smallest absolute Gasteiger partial charge is 0.433 e. The van der Waals surface area contributed by atoms with E-state index >= 15 is 0 Å². The Morgan fingerprint density at radius 2 is 1.54 bits per heavy atom. The van der Waals surface area contributed by atoms with E-state index in [9.17, 15) is 4.79 Å². The van der Waals surface area contributed by atoms with Gasteiger partial charge in [0.15, 0.2) is 0 Å². The van der Waals surface area contributed by atoms with Crippen LogP contribution in [-0.4, -0.2) is 43.6 Å². The summed E-state index contributed by atoms with van der Waals surface area (Å²) >= 11 is 0. The van der Waals surface area contributed by atoms with E-state index in [0.29, 0.717) is 0 Å². The molecule has 0 bridgehead atoms. The highest BCUT2D eigenvalue weighted by Crippen LogP contribution is 2.07. The fourth-order valence-electron chi connectivity index (χ4n) is 0.593. The molecule has 0 aliphatic heterocycles. The standard InChI is InChI=1S/C5H13NO6Si/c1-8-6-5(7)12-13(9-2,10-3)11-4/h1-4H3,(H,6,7). The van der Waals surface area contributed by atoms with Gasteiger partial charge in [-0.2, -0.15) is 0 Å². The van der Waals surface area contributed by atoms with Crippen molar-refractivity contribution in [3.63, 3.8) is 0 Å². The number of carbonyl (C=O) groups excluding carboxylic acids is 1. The predicted molar refractivity (Wildman–Crippen MR) is 43.4 cm³/mol. The number of rotatable bonds is 5. The monoisotopic (exact) mass is 211 g/mol. The van der Waals surface area contributed by atoms with Gasteiger partial charge >= 0.3 is 15.1 Å². The maximum Gasteiger partial charge on any atom is 0.752 e. The van der Waals surface area contributed by atoms with Gasteiger partial charge < -0.3 is 17.7 Å². The third-order valence-corrected chi connectivity index (χ3v) is 3.09. The van der Waals surface area contributed by atoms with Crippen molar-refractivity contribution in [1.29, 1.82) is 0 Å². The summed E-state index contributed by atoms with van der Waals surface area (Å²) in [5.74, 6) is 0. The summed E-state index contributed by atoms with van der Waals surface area (Å²) in [6.07, 6.45) is -0.834. The lowest BCUT2D eigenvalue weighted by molar-refractivity contribution is 0.0105. The minimum Gasteiger partial charge on any atom is -0.433 e. The summed E-state index contributed by atoms with van der Waals surface area (Å²) in [7, 11) is 1.92. The van der Waals surface area contributed by atoms with E-state index in [2.05, 4.69) is 4.84 Å². The summed E-state index contributed by atoms with van der Waals surface area (Å²) in [4.78, 5) is 15.2.